The number of nitrogens with zero attached hydrogens (tertiary/aromatic N) is 2. The number of pyridine rings is 1. The number of halogens is 1. The predicted molar refractivity (Wildman–Crippen MR) is 127 cm³/mol. The van der Waals surface area contributed by atoms with Gasteiger partial charge in [0.15, 0.2) is 0 Å². The lowest BCUT2D eigenvalue weighted by molar-refractivity contribution is -0.132. The number of Topliss-reactive ketones (excluding diaryl/α,β-unsaturated/α-hetero) is 1. The third kappa shape index (κ3) is 4.34. The molecule has 7 heteroatoms. The summed E-state index contributed by atoms with van der Waals surface area (Å²) in [5.41, 5.74) is 2.39. The van der Waals surface area contributed by atoms with Gasteiger partial charge in [0.05, 0.1) is 17.7 Å². The van der Waals surface area contributed by atoms with Crippen LogP contribution in [0.4, 0.5) is 5.69 Å². The zero-order valence-corrected chi connectivity index (χ0v) is 19.2. The van der Waals surface area contributed by atoms with Gasteiger partial charge < -0.3 is 9.84 Å². The molecule has 0 aliphatic carbocycles. The molecule has 0 spiro atoms. The molecule has 1 aromatic heterocycles. The van der Waals surface area contributed by atoms with Gasteiger partial charge in [-0.3, -0.25) is 19.5 Å². The Labute approximate surface area is 197 Å². The van der Waals surface area contributed by atoms with Crippen molar-refractivity contribution in [2.24, 2.45) is 0 Å². The largest absolute Gasteiger partial charge is 0.507 e. The fraction of sp³-hybridized carbons (Fsp3) is 0.192. The van der Waals surface area contributed by atoms with Crippen LogP contribution in [0.3, 0.4) is 0 Å². The number of aromatic nitrogens is 1. The molecule has 33 heavy (non-hydrogen) atoms. The summed E-state index contributed by atoms with van der Waals surface area (Å²) >= 11 is 6.02. The van der Waals surface area contributed by atoms with Crippen LogP contribution in [0.25, 0.3) is 5.76 Å². The highest BCUT2D eigenvalue weighted by Gasteiger charge is 2.47. The third-order valence-corrected chi connectivity index (χ3v) is 5.63. The number of aliphatic hydroxyl groups excluding tert-OH is 1. The smallest absolute Gasteiger partial charge is 0.300 e. The molecular formula is C26H23ClN2O4. The molecule has 6 nitrogen and oxygen atoms in total. The molecule has 3 aromatic rings. The van der Waals surface area contributed by atoms with E-state index < -0.39 is 17.7 Å². The Morgan fingerprint density at radius 2 is 1.73 bits per heavy atom. The van der Waals surface area contributed by atoms with Gasteiger partial charge in [-0.1, -0.05) is 11.6 Å². The SMILES string of the molecule is Cc1cc(/C(O)=C2/C(=O)C(=O)N(c3ccc(Cl)cc3)C2c2ccncc2)ccc1OC(C)C. The van der Waals surface area contributed by atoms with Crippen LogP contribution in [-0.2, 0) is 9.59 Å². The van der Waals surface area contributed by atoms with E-state index in [1.165, 1.54) is 4.90 Å². The van der Waals surface area contributed by atoms with Gasteiger partial charge in [-0.25, -0.2) is 0 Å². The van der Waals surface area contributed by atoms with E-state index in [0.717, 1.165) is 5.56 Å². The summed E-state index contributed by atoms with van der Waals surface area (Å²) in [6, 6.07) is 14.4. The highest BCUT2D eigenvalue weighted by atomic mass is 35.5. The van der Waals surface area contributed by atoms with Crippen molar-refractivity contribution in [3.8, 4) is 5.75 Å². The number of hydrogen-bond donors (Lipinski definition) is 1. The molecule has 2 aromatic carbocycles. The number of carbonyl (C=O) groups is 2. The number of aliphatic hydroxyl groups is 1. The second-order valence-electron chi connectivity index (χ2n) is 8.07. The molecule has 1 aliphatic rings. The minimum atomic E-state index is -0.818. The molecule has 168 valence electrons. The van der Waals surface area contributed by atoms with Crippen molar-refractivity contribution in [3.63, 3.8) is 0 Å². The number of carbonyl (C=O) groups excluding carboxylic acids is 2. The molecule has 0 radical (unpaired) electrons. The van der Waals surface area contributed by atoms with E-state index in [2.05, 4.69) is 4.98 Å². The first-order valence-electron chi connectivity index (χ1n) is 10.5. The number of rotatable bonds is 5. The van der Waals surface area contributed by atoms with Crippen LogP contribution in [0.5, 0.6) is 5.75 Å². The maximum absolute atomic E-state index is 13.2. The Kier molecular flexibility index (Phi) is 6.20. The Morgan fingerprint density at radius 3 is 2.33 bits per heavy atom. The van der Waals surface area contributed by atoms with Crippen molar-refractivity contribution in [2.75, 3.05) is 4.90 Å². The highest BCUT2D eigenvalue weighted by Crippen LogP contribution is 2.42. The van der Waals surface area contributed by atoms with E-state index >= 15 is 0 Å². The molecular weight excluding hydrogens is 440 g/mol. The van der Waals surface area contributed by atoms with Crippen molar-refractivity contribution >= 4 is 34.7 Å². The van der Waals surface area contributed by atoms with E-state index in [9.17, 15) is 14.7 Å². The molecule has 1 aliphatic heterocycles. The Balaban J connectivity index is 1.87. The highest BCUT2D eigenvalue weighted by molar-refractivity contribution is 6.51. The minimum Gasteiger partial charge on any atom is -0.507 e. The molecule has 1 unspecified atom stereocenters. The standard InChI is InChI=1S/C26H23ClN2O4/c1-15(2)33-21-9-4-18(14-16(21)3)24(30)22-23(17-10-12-28-13-11-17)29(26(32)25(22)31)20-7-5-19(27)6-8-20/h4-15,23,30H,1-3H3/b24-22-. The number of benzene rings is 2. The van der Waals surface area contributed by atoms with E-state index in [1.807, 2.05) is 20.8 Å². The van der Waals surface area contributed by atoms with Crippen LogP contribution < -0.4 is 9.64 Å². The Hall–Kier alpha value is -3.64. The summed E-state index contributed by atoms with van der Waals surface area (Å²) in [4.78, 5) is 31.7. The number of aryl methyl sites for hydroxylation is 1. The van der Waals surface area contributed by atoms with Gasteiger partial charge in [-0.2, -0.15) is 0 Å². The monoisotopic (exact) mass is 462 g/mol. The van der Waals surface area contributed by atoms with Crippen LogP contribution in [-0.4, -0.2) is 27.9 Å². The topological polar surface area (TPSA) is 79.7 Å². The fourth-order valence-corrected chi connectivity index (χ4v) is 4.03. The predicted octanol–water partition coefficient (Wildman–Crippen LogP) is 5.46. The van der Waals surface area contributed by atoms with Gasteiger partial charge in [0.25, 0.3) is 11.7 Å². The second kappa shape index (κ2) is 9.08. The summed E-state index contributed by atoms with van der Waals surface area (Å²) < 4.78 is 5.77. The second-order valence-corrected chi connectivity index (χ2v) is 8.51. The lowest BCUT2D eigenvalue weighted by atomic mass is 9.95. The van der Waals surface area contributed by atoms with Crippen LogP contribution >= 0.6 is 11.6 Å². The zero-order chi connectivity index (χ0) is 23.7. The number of anilines is 1. The first kappa shape index (κ1) is 22.6. The quantitative estimate of drug-likeness (QED) is 0.309. The summed E-state index contributed by atoms with van der Waals surface area (Å²) in [5.74, 6) is -1.04. The molecule has 0 bridgehead atoms. The molecule has 0 saturated carbocycles. The number of hydrogen-bond acceptors (Lipinski definition) is 5. The van der Waals surface area contributed by atoms with Crippen molar-refractivity contribution in [3.05, 3.63) is 94.3 Å². The molecule has 2 heterocycles. The number of ketones is 1. The summed E-state index contributed by atoms with van der Waals surface area (Å²) in [5, 5.41) is 11.8. The maximum Gasteiger partial charge on any atom is 0.300 e. The van der Waals surface area contributed by atoms with Crippen LogP contribution in [0.15, 0.2) is 72.6 Å². The lowest BCUT2D eigenvalue weighted by Crippen LogP contribution is -2.29. The Bertz CT molecular complexity index is 1240. The Morgan fingerprint density at radius 1 is 1.06 bits per heavy atom. The van der Waals surface area contributed by atoms with E-state index in [4.69, 9.17) is 16.3 Å². The van der Waals surface area contributed by atoms with E-state index in [-0.39, 0.29) is 17.4 Å². The van der Waals surface area contributed by atoms with Gasteiger partial charge in [0, 0.05) is 28.7 Å². The normalized spacial score (nSPS) is 17.6. The molecule has 1 N–H and O–H groups in total. The number of ether oxygens (including phenoxy) is 1. The third-order valence-electron chi connectivity index (χ3n) is 5.38. The van der Waals surface area contributed by atoms with Gasteiger partial charge in [0.1, 0.15) is 11.5 Å². The maximum atomic E-state index is 13.2. The van der Waals surface area contributed by atoms with Gasteiger partial charge in [0.2, 0.25) is 0 Å². The van der Waals surface area contributed by atoms with Gasteiger partial charge in [-0.15, -0.1) is 0 Å². The minimum absolute atomic E-state index is 0.000428. The van der Waals surface area contributed by atoms with E-state index in [0.29, 0.717) is 27.6 Å². The first-order chi connectivity index (χ1) is 15.8. The average Bonchev–Trinajstić information content (AvgIpc) is 3.06. The fourth-order valence-electron chi connectivity index (χ4n) is 3.90. The van der Waals surface area contributed by atoms with Gasteiger partial charge in [-0.05, 0) is 86.5 Å². The van der Waals surface area contributed by atoms with Crippen molar-refractivity contribution in [1.29, 1.82) is 0 Å². The average molecular weight is 463 g/mol. The number of amides is 1. The molecule has 1 atom stereocenters. The van der Waals surface area contributed by atoms with Crippen LogP contribution in [0.1, 0.15) is 36.6 Å². The summed E-state index contributed by atoms with van der Waals surface area (Å²) in [6.45, 7) is 5.72. The van der Waals surface area contributed by atoms with Crippen LogP contribution in [0, 0.1) is 6.92 Å². The van der Waals surface area contributed by atoms with Crippen molar-refractivity contribution in [1.82, 2.24) is 4.98 Å². The van der Waals surface area contributed by atoms with Crippen LogP contribution in [0.2, 0.25) is 5.02 Å². The van der Waals surface area contributed by atoms with Crippen molar-refractivity contribution < 1.29 is 19.4 Å². The molecule has 1 fully saturated rings. The first-order valence-corrected chi connectivity index (χ1v) is 10.9. The van der Waals surface area contributed by atoms with E-state index in [1.54, 1.807) is 67.0 Å². The lowest BCUT2D eigenvalue weighted by Gasteiger charge is -2.25. The summed E-state index contributed by atoms with van der Waals surface area (Å²) in [7, 11) is 0. The van der Waals surface area contributed by atoms with Crippen molar-refractivity contribution in [2.45, 2.75) is 32.9 Å². The zero-order valence-electron chi connectivity index (χ0n) is 18.4. The molecule has 1 saturated heterocycles. The molecule has 4 rings (SSSR count). The van der Waals surface area contributed by atoms with Gasteiger partial charge >= 0.3 is 0 Å². The molecule has 1 amide bonds. The summed E-state index contributed by atoms with van der Waals surface area (Å²) in [6.07, 6.45) is 3.17.